The number of nitrogens with zero attached hydrogens (tertiary/aromatic N) is 1. The molecule has 1 heterocycles. The molecule has 5 nitrogen and oxygen atoms in total. The van der Waals surface area contributed by atoms with Crippen molar-refractivity contribution in [1.82, 2.24) is 4.98 Å². The summed E-state index contributed by atoms with van der Waals surface area (Å²) in [5.74, 6) is -0.277. The molecule has 0 aliphatic heterocycles. The van der Waals surface area contributed by atoms with Gasteiger partial charge in [-0.25, -0.2) is 0 Å². The number of hydrogen-bond acceptors (Lipinski definition) is 5. The lowest BCUT2D eigenvalue weighted by molar-refractivity contribution is -0.113. The molecule has 0 amide bonds. The van der Waals surface area contributed by atoms with Crippen molar-refractivity contribution in [2.45, 2.75) is 69.8 Å². The minimum absolute atomic E-state index is 0.0217. The molecule has 0 spiro atoms. The van der Waals surface area contributed by atoms with E-state index in [0.717, 1.165) is 23.1 Å². The van der Waals surface area contributed by atoms with Crippen LogP contribution in [0.3, 0.4) is 0 Å². The summed E-state index contributed by atoms with van der Waals surface area (Å²) in [7, 11) is 0. The van der Waals surface area contributed by atoms with Crippen LogP contribution in [0.2, 0.25) is 0 Å². The first kappa shape index (κ1) is 22.9. The van der Waals surface area contributed by atoms with E-state index >= 15 is 0 Å². The molecule has 2 aromatic rings. The van der Waals surface area contributed by atoms with Crippen molar-refractivity contribution in [2.75, 3.05) is 5.73 Å². The van der Waals surface area contributed by atoms with E-state index in [1.165, 1.54) is 0 Å². The summed E-state index contributed by atoms with van der Waals surface area (Å²) in [6.07, 6.45) is 1.43. The quantitative estimate of drug-likeness (QED) is 0.481. The highest BCUT2D eigenvalue weighted by Crippen LogP contribution is 2.64. The van der Waals surface area contributed by atoms with Gasteiger partial charge in [-0.3, -0.25) is 0 Å². The van der Waals surface area contributed by atoms with Gasteiger partial charge in [0.15, 0.2) is 5.58 Å². The number of aromatic nitrogens is 1. The molecule has 8 heteroatoms. The Morgan fingerprint density at radius 2 is 2.00 bits per heavy atom. The molecule has 4 N–H and O–H groups in total. The van der Waals surface area contributed by atoms with Crippen molar-refractivity contribution in [1.29, 1.82) is 0 Å². The SMILES string of the molecule is CC12CC(C(F)(F)F)=C3C=C4CC(O)CCC4CC[C@]3(O)C1CC=C2c1ccc2oc(N)nc2c1. The average Bonchev–Trinajstić information content (AvgIpc) is 3.28. The lowest BCUT2D eigenvalue weighted by Gasteiger charge is -2.50. The zero-order valence-corrected chi connectivity index (χ0v) is 19.5. The Morgan fingerprint density at radius 3 is 2.77 bits per heavy atom. The van der Waals surface area contributed by atoms with Gasteiger partial charge in [0.2, 0.25) is 0 Å². The summed E-state index contributed by atoms with van der Waals surface area (Å²) in [5.41, 5.74) is 6.05. The van der Waals surface area contributed by atoms with E-state index in [0.29, 0.717) is 36.8 Å². The van der Waals surface area contributed by atoms with E-state index in [-0.39, 0.29) is 36.3 Å². The number of alkyl halides is 3. The third-order valence-corrected chi connectivity index (χ3v) is 8.96. The zero-order chi connectivity index (χ0) is 24.8. The fourth-order valence-corrected chi connectivity index (χ4v) is 7.31. The maximum absolute atomic E-state index is 14.6. The number of hydrogen-bond donors (Lipinski definition) is 3. The number of oxazole rings is 1. The smallest absolute Gasteiger partial charge is 0.413 e. The number of fused-ring (bicyclic) bond motifs is 5. The predicted octanol–water partition coefficient (Wildman–Crippen LogP) is 5.69. The summed E-state index contributed by atoms with van der Waals surface area (Å²) >= 11 is 0. The normalized spacial score (nSPS) is 35.2. The van der Waals surface area contributed by atoms with Gasteiger partial charge in [-0.2, -0.15) is 18.2 Å². The molecule has 0 bridgehead atoms. The number of rotatable bonds is 1. The number of aliphatic hydroxyl groups is 2. The molecule has 4 unspecified atom stereocenters. The highest BCUT2D eigenvalue weighted by molar-refractivity contribution is 5.83. The summed E-state index contributed by atoms with van der Waals surface area (Å²) in [4.78, 5) is 4.18. The molecule has 0 radical (unpaired) electrons. The van der Waals surface area contributed by atoms with Crippen LogP contribution in [0, 0.1) is 17.3 Å². The number of allylic oxidation sites excluding steroid dienone is 3. The fraction of sp³-hybridized carbons (Fsp3) is 0.519. The van der Waals surface area contributed by atoms with Crippen molar-refractivity contribution in [3.63, 3.8) is 0 Å². The monoisotopic (exact) mass is 486 g/mol. The second kappa shape index (κ2) is 7.46. The first-order valence-corrected chi connectivity index (χ1v) is 12.3. The molecule has 5 atom stereocenters. The summed E-state index contributed by atoms with van der Waals surface area (Å²) < 4.78 is 49.1. The molecule has 1 aromatic carbocycles. The van der Waals surface area contributed by atoms with E-state index < -0.39 is 28.9 Å². The van der Waals surface area contributed by atoms with Gasteiger partial charge in [0, 0.05) is 16.9 Å². The van der Waals surface area contributed by atoms with Gasteiger partial charge >= 0.3 is 6.18 Å². The van der Waals surface area contributed by atoms with Crippen LogP contribution in [-0.4, -0.2) is 33.1 Å². The number of nitrogens with two attached hydrogens (primary N) is 1. The first-order valence-electron chi connectivity index (χ1n) is 12.3. The molecule has 186 valence electrons. The minimum Gasteiger partial charge on any atom is -0.424 e. The first-order chi connectivity index (χ1) is 16.5. The van der Waals surface area contributed by atoms with Gasteiger partial charge in [0.1, 0.15) is 5.52 Å². The van der Waals surface area contributed by atoms with Crippen molar-refractivity contribution in [3.05, 3.63) is 52.6 Å². The second-order valence-electron chi connectivity index (χ2n) is 10.9. The molecule has 35 heavy (non-hydrogen) atoms. The summed E-state index contributed by atoms with van der Waals surface area (Å²) in [6, 6.07) is 5.41. The summed E-state index contributed by atoms with van der Waals surface area (Å²) in [5, 5.41) is 22.3. The summed E-state index contributed by atoms with van der Waals surface area (Å²) in [6.45, 7) is 1.85. The molecular formula is C27H29F3N2O3. The number of benzene rings is 1. The zero-order valence-electron chi connectivity index (χ0n) is 19.5. The van der Waals surface area contributed by atoms with Crippen LogP contribution in [0.15, 0.2) is 51.5 Å². The second-order valence-corrected chi connectivity index (χ2v) is 10.9. The van der Waals surface area contributed by atoms with Gasteiger partial charge in [0.25, 0.3) is 6.01 Å². The van der Waals surface area contributed by atoms with Gasteiger partial charge in [-0.1, -0.05) is 30.7 Å². The lowest BCUT2D eigenvalue weighted by atomic mass is 9.56. The van der Waals surface area contributed by atoms with E-state index in [1.54, 1.807) is 18.2 Å². The molecule has 4 aliphatic rings. The van der Waals surface area contributed by atoms with Crippen LogP contribution in [0.5, 0.6) is 0 Å². The van der Waals surface area contributed by atoms with Crippen molar-refractivity contribution >= 4 is 22.7 Å². The number of halogens is 3. The Kier molecular flexibility index (Phi) is 4.87. The van der Waals surface area contributed by atoms with E-state index in [4.69, 9.17) is 10.2 Å². The molecule has 1 fully saturated rings. The highest BCUT2D eigenvalue weighted by Gasteiger charge is 2.60. The van der Waals surface area contributed by atoms with Crippen LogP contribution >= 0.6 is 0 Å². The van der Waals surface area contributed by atoms with Crippen LogP contribution < -0.4 is 5.73 Å². The molecular weight excluding hydrogens is 457 g/mol. The number of nitrogen functional groups attached to an aromatic ring is 1. The van der Waals surface area contributed by atoms with Gasteiger partial charge < -0.3 is 20.4 Å². The molecule has 1 saturated carbocycles. The van der Waals surface area contributed by atoms with Crippen molar-refractivity contribution < 1.29 is 27.8 Å². The molecule has 4 aliphatic carbocycles. The van der Waals surface area contributed by atoms with Crippen LogP contribution in [-0.2, 0) is 0 Å². The standard InChI is InChI=1S/C27H29F3N2O3/c1-25-13-20(27(28,29)30)19-11-16-10-17(33)4-2-14(16)8-9-26(19,34)23(25)7-5-18(25)15-3-6-22-21(12-15)32-24(31)35-22/h3,5-6,11-12,14,17,23,33-34H,2,4,7-10,13H2,1H3,(H2,31,32)/t14?,17?,23?,25?,26-/m1/s1. The average molecular weight is 487 g/mol. The fourth-order valence-electron chi connectivity index (χ4n) is 7.31. The Hall–Kier alpha value is -2.58. The van der Waals surface area contributed by atoms with Crippen LogP contribution in [0.4, 0.5) is 19.2 Å². The molecule has 0 saturated heterocycles. The van der Waals surface area contributed by atoms with Crippen LogP contribution in [0.25, 0.3) is 16.7 Å². The van der Waals surface area contributed by atoms with E-state index in [1.807, 2.05) is 19.1 Å². The van der Waals surface area contributed by atoms with Gasteiger partial charge in [-0.15, -0.1) is 0 Å². The molecule has 1 aromatic heterocycles. The third-order valence-electron chi connectivity index (χ3n) is 8.96. The predicted molar refractivity (Wildman–Crippen MR) is 126 cm³/mol. The van der Waals surface area contributed by atoms with Crippen molar-refractivity contribution in [3.8, 4) is 0 Å². The maximum atomic E-state index is 14.6. The minimum atomic E-state index is -4.57. The Morgan fingerprint density at radius 1 is 1.20 bits per heavy atom. The van der Waals surface area contributed by atoms with E-state index in [9.17, 15) is 23.4 Å². The largest absolute Gasteiger partial charge is 0.424 e. The van der Waals surface area contributed by atoms with Crippen LogP contribution in [0.1, 0.15) is 57.4 Å². The Labute approximate surface area is 201 Å². The van der Waals surface area contributed by atoms with Gasteiger partial charge in [0.05, 0.1) is 11.7 Å². The lowest BCUT2D eigenvalue weighted by Crippen LogP contribution is -2.51. The Balaban J connectivity index is 1.48. The van der Waals surface area contributed by atoms with Gasteiger partial charge in [-0.05, 0) is 79.7 Å². The molecule has 6 rings (SSSR count). The topological polar surface area (TPSA) is 92.5 Å². The third kappa shape index (κ3) is 3.40. The number of aliphatic hydroxyl groups excluding tert-OH is 1. The maximum Gasteiger partial charge on any atom is 0.413 e. The Bertz CT molecular complexity index is 1310. The van der Waals surface area contributed by atoms with Crippen molar-refractivity contribution in [2.24, 2.45) is 17.3 Å². The number of anilines is 1. The highest BCUT2D eigenvalue weighted by atomic mass is 19.4. The van der Waals surface area contributed by atoms with E-state index in [2.05, 4.69) is 4.98 Å².